The molecule has 2 fully saturated rings. The van der Waals surface area contributed by atoms with Gasteiger partial charge in [0.1, 0.15) is 18.2 Å². The predicted molar refractivity (Wildman–Crippen MR) is 132 cm³/mol. The lowest BCUT2D eigenvalue weighted by molar-refractivity contribution is -0.534. The number of rotatable bonds is 5. The summed E-state index contributed by atoms with van der Waals surface area (Å²) >= 11 is 6.57. The van der Waals surface area contributed by atoms with Crippen molar-refractivity contribution in [2.75, 3.05) is 11.9 Å². The number of carbonyl (C=O) groups excluding carboxylic acids is 1. The fraction of sp³-hybridized carbons (Fsp3) is 0.296. The topological polar surface area (TPSA) is 84.7 Å². The van der Waals surface area contributed by atoms with Gasteiger partial charge < -0.3 is 10.1 Å². The molecule has 2 saturated heterocycles. The number of carbonyl (C=O) groups is 1. The van der Waals surface area contributed by atoms with Crippen LogP contribution >= 0.6 is 11.6 Å². The molecular formula is C27H23ClFN3O4. The third-order valence-electron chi connectivity index (χ3n) is 7.72. The zero-order valence-corrected chi connectivity index (χ0v) is 20.0. The summed E-state index contributed by atoms with van der Waals surface area (Å²) < 4.78 is 19.3. The van der Waals surface area contributed by atoms with Gasteiger partial charge in [-0.15, -0.1) is 0 Å². The predicted octanol–water partition coefficient (Wildman–Crippen LogP) is 5.11. The van der Waals surface area contributed by atoms with E-state index in [1.165, 1.54) is 12.1 Å². The summed E-state index contributed by atoms with van der Waals surface area (Å²) in [4.78, 5) is 27.9. The van der Waals surface area contributed by atoms with Crippen molar-refractivity contribution >= 4 is 23.2 Å². The third-order valence-corrected chi connectivity index (χ3v) is 8.01. The molecule has 1 amide bonds. The van der Waals surface area contributed by atoms with E-state index in [2.05, 4.69) is 5.32 Å². The Labute approximate surface area is 212 Å². The lowest BCUT2D eigenvalue weighted by Gasteiger charge is -2.32. The van der Waals surface area contributed by atoms with Crippen LogP contribution in [0.15, 0.2) is 66.7 Å². The van der Waals surface area contributed by atoms with E-state index in [9.17, 15) is 19.3 Å². The number of para-hydroxylation sites is 1. The van der Waals surface area contributed by atoms with Crippen molar-refractivity contribution in [3.63, 3.8) is 0 Å². The molecule has 3 aliphatic heterocycles. The maximum absolute atomic E-state index is 13.5. The van der Waals surface area contributed by atoms with Gasteiger partial charge in [0, 0.05) is 28.8 Å². The quantitative estimate of drug-likeness (QED) is 0.383. The Morgan fingerprint density at radius 3 is 2.78 bits per heavy atom. The van der Waals surface area contributed by atoms with Gasteiger partial charge in [0.2, 0.25) is 0 Å². The van der Waals surface area contributed by atoms with Gasteiger partial charge in [-0.1, -0.05) is 48.0 Å². The summed E-state index contributed by atoms with van der Waals surface area (Å²) in [6.07, 6.45) is 1.60. The van der Waals surface area contributed by atoms with Crippen LogP contribution in [0.4, 0.5) is 10.1 Å². The lowest BCUT2D eigenvalue weighted by Crippen LogP contribution is -2.55. The molecule has 0 radical (unpaired) electrons. The number of nitro groups is 1. The minimum Gasteiger partial charge on any atom is -0.487 e. The van der Waals surface area contributed by atoms with Crippen LogP contribution in [0.25, 0.3) is 0 Å². The Morgan fingerprint density at radius 2 is 2.00 bits per heavy atom. The first-order valence-corrected chi connectivity index (χ1v) is 12.3. The minimum absolute atomic E-state index is 0.133. The SMILES string of the molecule is O=C1Nc2ccccc2[C@]12[C@H]([N+](=O)[O-])[C@H](c1ccc(OCc3cccc(F)c3)c(Cl)c1)[C@@H]1CCCN12. The molecular weight excluding hydrogens is 485 g/mol. The van der Waals surface area contributed by atoms with Gasteiger partial charge in [-0.25, -0.2) is 4.39 Å². The molecule has 6 rings (SSSR count). The second-order valence-corrected chi connectivity index (χ2v) is 9.94. The van der Waals surface area contributed by atoms with E-state index >= 15 is 0 Å². The van der Waals surface area contributed by atoms with Crippen molar-refractivity contribution < 1.29 is 18.8 Å². The number of fused-ring (bicyclic) bond motifs is 4. The number of nitrogens with one attached hydrogen (secondary N) is 1. The fourth-order valence-corrected chi connectivity index (χ4v) is 6.65. The number of benzene rings is 3. The fourth-order valence-electron chi connectivity index (χ4n) is 6.40. The van der Waals surface area contributed by atoms with E-state index in [-0.39, 0.29) is 29.3 Å². The third kappa shape index (κ3) is 3.32. The largest absolute Gasteiger partial charge is 0.487 e. The van der Waals surface area contributed by atoms with Crippen LogP contribution in [-0.4, -0.2) is 34.4 Å². The Morgan fingerprint density at radius 1 is 1.17 bits per heavy atom. The zero-order valence-electron chi connectivity index (χ0n) is 19.2. The number of nitrogens with zero attached hydrogens (tertiary/aromatic N) is 2. The lowest BCUT2D eigenvalue weighted by atomic mass is 9.77. The van der Waals surface area contributed by atoms with Gasteiger partial charge in [-0.2, -0.15) is 0 Å². The molecule has 3 aromatic carbocycles. The van der Waals surface area contributed by atoms with Gasteiger partial charge in [-0.3, -0.25) is 19.8 Å². The molecule has 3 heterocycles. The van der Waals surface area contributed by atoms with Gasteiger partial charge in [0.05, 0.1) is 10.9 Å². The average Bonchev–Trinajstić information content (AvgIpc) is 3.51. The minimum atomic E-state index is -1.37. The first-order valence-electron chi connectivity index (χ1n) is 11.9. The van der Waals surface area contributed by atoms with Gasteiger partial charge in [-0.05, 0) is 54.3 Å². The number of ether oxygens (including phenoxy) is 1. The molecule has 4 atom stereocenters. The smallest absolute Gasteiger partial charge is 0.256 e. The highest BCUT2D eigenvalue weighted by molar-refractivity contribution is 6.32. The van der Waals surface area contributed by atoms with Crippen molar-refractivity contribution in [3.8, 4) is 5.75 Å². The summed E-state index contributed by atoms with van der Waals surface area (Å²) in [5.74, 6) is -0.824. The molecule has 1 spiro atoms. The molecule has 3 aliphatic rings. The van der Waals surface area contributed by atoms with Crippen LogP contribution in [0, 0.1) is 15.9 Å². The highest BCUT2D eigenvalue weighted by Crippen LogP contribution is 2.58. The molecule has 0 aliphatic carbocycles. The molecule has 0 aromatic heterocycles. The standard InChI is InChI=1S/C27H23ClFN3O4/c28-20-14-17(10-11-23(20)36-15-16-5-3-6-18(29)13-16)24-22-9-4-12-31(22)27(25(24)32(34)35)19-7-1-2-8-21(19)30-26(27)33/h1-3,5-8,10-11,13-14,22,24-25H,4,9,12,15H2,(H,30,33)/t22-,24+,25+,27-/m0/s1. The molecule has 0 saturated carbocycles. The first-order chi connectivity index (χ1) is 17.4. The second kappa shape index (κ2) is 8.57. The van der Waals surface area contributed by atoms with E-state index in [0.717, 1.165) is 12.8 Å². The highest BCUT2D eigenvalue weighted by atomic mass is 35.5. The number of hydrogen-bond donors (Lipinski definition) is 1. The molecule has 7 nitrogen and oxygen atoms in total. The Kier molecular flexibility index (Phi) is 5.46. The van der Waals surface area contributed by atoms with E-state index in [1.54, 1.807) is 36.4 Å². The van der Waals surface area contributed by atoms with Crippen molar-refractivity contribution in [1.82, 2.24) is 4.90 Å². The number of anilines is 1. The van der Waals surface area contributed by atoms with Crippen LogP contribution in [0.2, 0.25) is 5.02 Å². The Balaban J connectivity index is 1.38. The molecule has 1 N–H and O–H groups in total. The maximum Gasteiger partial charge on any atom is 0.256 e. The molecule has 36 heavy (non-hydrogen) atoms. The van der Waals surface area contributed by atoms with Crippen LogP contribution in [0.1, 0.15) is 35.4 Å². The van der Waals surface area contributed by atoms with Gasteiger partial charge in [0.25, 0.3) is 11.9 Å². The number of halogens is 2. The molecule has 0 bridgehead atoms. The number of hydrogen-bond acceptors (Lipinski definition) is 5. The normalized spacial score (nSPS) is 26.6. The Bertz CT molecular complexity index is 1380. The van der Waals surface area contributed by atoms with Crippen LogP contribution < -0.4 is 10.1 Å². The van der Waals surface area contributed by atoms with E-state index in [4.69, 9.17) is 16.3 Å². The van der Waals surface area contributed by atoms with Crippen molar-refractivity contribution in [2.24, 2.45) is 0 Å². The Hall–Kier alpha value is -3.49. The van der Waals surface area contributed by atoms with Gasteiger partial charge in [0.15, 0.2) is 5.54 Å². The summed E-state index contributed by atoms with van der Waals surface area (Å²) in [5.41, 5.74) is 1.27. The molecule has 0 unspecified atom stereocenters. The first kappa shape index (κ1) is 22.9. The van der Waals surface area contributed by atoms with Crippen LogP contribution in [0.5, 0.6) is 5.75 Å². The van der Waals surface area contributed by atoms with Gasteiger partial charge >= 0.3 is 0 Å². The zero-order chi connectivity index (χ0) is 25.0. The summed E-state index contributed by atoms with van der Waals surface area (Å²) in [6, 6.07) is 17.2. The number of amides is 1. The van der Waals surface area contributed by atoms with Crippen molar-refractivity contribution in [2.45, 2.75) is 43.0 Å². The highest BCUT2D eigenvalue weighted by Gasteiger charge is 2.73. The van der Waals surface area contributed by atoms with Crippen LogP contribution in [0.3, 0.4) is 0 Å². The maximum atomic E-state index is 13.5. The average molecular weight is 508 g/mol. The second-order valence-electron chi connectivity index (χ2n) is 9.53. The summed E-state index contributed by atoms with van der Waals surface area (Å²) in [7, 11) is 0. The van der Waals surface area contributed by atoms with E-state index < -0.39 is 17.5 Å². The van der Waals surface area contributed by atoms with Crippen molar-refractivity contribution in [1.29, 1.82) is 0 Å². The van der Waals surface area contributed by atoms with Crippen molar-refractivity contribution in [3.05, 3.63) is 104 Å². The summed E-state index contributed by atoms with van der Waals surface area (Å²) in [6.45, 7) is 0.740. The summed E-state index contributed by atoms with van der Waals surface area (Å²) in [5, 5.41) is 15.9. The molecule has 9 heteroatoms. The molecule has 184 valence electrons. The van der Waals surface area contributed by atoms with E-state index in [0.29, 0.717) is 39.7 Å². The van der Waals surface area contributed by atoms with Crippen LogP contribution in [-0.2, 0) is 16.9 Å². The molecule has 3 aromatic rings. The monoisotopic (exact) mass is 507 g/mol. The van der Waals surface area contributed by atoms with E-state index in [1.807, 2.05) is 23.1 Å².